The van der Waals surface area contributed by atoms with Gasteiger partial charge in [-0.2, -0.15) is 0 Å². The Morgan fingerprint density at radius 3 is 3.06 bits per heavy atom. The van der Waals surface area contributed by atoms with E-state index < -0.39 is 0 Å². The number of methoxy groups -OCH3 is 1. The Kier molecular flexibility index (Phi) is 3.74. The summed E-state index contributed by atoms with van der Waals surface area (Å²) in [6, 6.07) is 6.53. The number of carbonyl (C=O) groups is 1. The van der Waals surface area contributed by atoms with Crippen LogP contribution in [0, 0.1) is 11.7 Å². The molecule has 0 amide bonds. The lowest BCUT2D eigenvalue weighted by Gasteiger charge is -2.29. The molecule has 1 fully saturated rings. The number of benzene rings is 1. The predicted molar refractivity (Wildman–Crippen MR) is 61.9 cm³/mol. The molecule has 0 aromatic heterocycles. The number of carbonyl (C=O) groups excluding carboxylic acids is 1. The SMILES string of the molecule is COC(=O)C1CCNC(c2cccc(F)c2)C1. The predicted octanol–water partition coefficient (Wildman–Crippen LogP) is 2.04. The van der Waals surface area contributed by atoms with Gasteiger partial charge in [0.25, 0.3) is 0 Å². The smallest absolute Gasteiger partial charge is 0.308 e. The minimum atomic E-state index is -0.246. The molecule has 0 bridgehead atoms. The van der Waals surface area contributed by atoms with E-state index in [0.29, 0.717) is 6.42 Å². The Bertz CT molecular complexity index is 408. The summed E-state index contributed by atoms with van der Waals surface area (Å²) >= 11 is 0. The number of esters is 1. The van der Waals surface area contributed by atoms with Gasteiger partial charge in [-0.3, -0.25) is 4.79 Å². The first-order valence-electron chi connectivity index (χ1n) is 5.77. The molecule has 4 heteroatoms. The van der Waals surface area contributed by atoms with Gasteiger partial charge in [0.1, 0.15) is 5.82 Å². The minimum absolute atomic E-state index is 0.0311. The molecule has 92 valence electrons. The average molecular weight is 237 g/mol. The Morgan fingerprint density at radius 2 is 2.35 bits per heavy atom. The van der Waals surface area contributed by atoms with E-state index in [1.54, 1.807) is 6.07 Å². The minimum Gasteiger partial charge on any atom is -0.469 e. The van der Waals surface area contributed by atoms with Crippen molar-refractivity contribution in [2.45, 2.75) is 18.9 Å². The van der Waals surface area contributed by atoms with Crippen molar-refractivity contribution in [3.8, 4) is 0 Å². The average Bonchev–Trinajstić information content (AvgIpc) is 2.38. The lowest BCUT2D eigenvalue weighted by atomic mass is 9.89. The number of ether oxygens (including phenoxy) is 1. The van der Waals surface area contributed by atoms with Crippen LogP contribution >= 0.6 is 0 Å². The van der Waals surface area contributed by atoms with Crippen molar-refractivity contribution in [3.05, 3.63) is 35.6 Å². The van der Waals surface area contributed by atoms with Crippen LogP contribution in [-0.2, 0) is 9.53 Å². The number of halogens is 1. The molecule has 1 aliphatic heterocycles. The van der Waals surface area contributed by atoms with Gasteiger partial charge < -0.3 is 10.1 Å². The monoisotopic (exact) mass is 237 g/mol. The molecular weight excluding hydrogens is 221 g/mol. The van der Waals surface area contributed by atoms with Crippen molar-refractivity contribution in [3.63, 3.8) is 0 Å². The lowest BCUT2D eigenvalue weighted by molar-refractivity contribution is -0.146. The van der Waals surface area contributed by atoms with Crippen molar-refractivity contribution < 1.29 is 13.9 Å². The van der Waals surface area contributed by atoms with E-state index in [1.807, 2.05) is 6.07 Å². The maximum absolute atomic E-state index is 13.1. The fourth-order valence-corrected chi connectivity index (χ4v) is 2.28. The standard InChI is InChI=1S/C13H16FNO2/c1-17-13(16)10-5-6-15-12(8-10)9-3-2-4-11(14)7-9/h2-4,7,10,12,15H,5-6,8H2,1H3. The van der Waals surface area contributed by atoms with E-state index in [-0.39, 0.29) is 23.7 Å². The molecule has 1 aromatic carbocycles. The van der Waals surface area contributed by atoms with Gasteiger partial charge in [0, 0.05) is 6.04 Å². The first-order valence-corrected chi connectivity index (χ1v) is 5.77. The maximum Gasteiger partial charge on any atom is 0.308 e. The van der Waals surface area contributed by atoms with E-state index >= 15 is 0 Å². The molecule has 1 heterocycles. The van der Waals surface area contributed by atoms with Crippen molar-refractivity contribution >= 4 is 5.97 Å². The highest BCUT2D eigenvalue weighted by Crippen LogP contribution is 2.28. The third-order valence-corrected chi connectivity index (χ3v) is 3.19. The van der Waals surface area contributed by atoms with Crippen molar-refractivity contribution in [1.29, 1.82) is 0 Å². The van der Waals surface area contributed by atoms with Crippen LogP contribution in [0.5, 0.6) is 0 Å². The molecule has 1 saturated heterocycles. The molecular formula is C13H16FNO2. The van der Waals surface area contributed by atoms with Crippen LogP contribution in [-0.4, -0.2) is 19.6 Å². The molecule has 3 nitrogen and oxygen atoms in total. The summed E-state index contributed by atoms with van der Waals surface area (Å²) in [6.45, 7) is 0.751. The van der Waals surface area contributed by atoms with Crippen molar-refractivity contribution in [2.75, 3.05) is 13.7 Å². The highest BCUT2D eigenvalue weighted by Gasteiger charge is 2.28. The fraction of sp³-hybridized carbons (Fsp3) is 0.462. The summed E-state index contributed by atoms with van der Waals surface area (Å²) in [4.78, 5) is 11.5. The highest BCUT2D eigenvalue weighted by molar-refractivity contribution is 5.72. The molecule has 0 aliphatic carbocycles. The summed E-state index contributed by atoms with van der Waals surface area (Å²) in [5.74, 6) is -0.507. The molecule has 2 unspecified atom stereocenters. The van der Waals surface area contributed by atoms with Gasteiger partial charge in [-0.05, 0) is 37.1 Å². The molecule has 17 heavy (non-hydrogen) atoms. The van der Waals surface area contributed by atoms with Crippen LogP contribution in [0.4, 0.5) is 4.39 Å². The van der Waals surface area contributed by atoms with Crippen LogP contribution in [0.2, 0.25) is 0 Å². The van der Waals surface area contributed by atoms with Gasteiger partial charge in [-0.25, -0.2) is 4.39 Å². The molecule has 1 aromatic rings. The maximum atomic E-state index is 13.1. The van der Waals surface area contributed by atoms with Gasteiger partial charge in [0.2, 0.25) is 0 Å². The molecule has 2 rings (SSSR count). The third-order valence-electron chi connectivity index (χ3n) is 3.19. The zero-order valence-corrected chi connectivity index (χ0v) is 9.78. The number of hydrogen-bond acceptors (Lipinski definition) is 3. The highest BCUT2D eigenvalue weighted by atomic mass is 19.1. The summed E-state index contributed by atoms with van der Waals surface area (Å²) in [7, 11) is 1.40. The van der Waals surface area contributed by atoms with Gasteiger partial charge >= 0.3 is 5.97 Å². The van der Waals surface area contributed by atoms with Crippen molar-refractivity contribution in [2.24, 2.45) is 5.92 Å². The zero-order valence-electron chi connectivity index (χ0n) is 9.78. The normalized spacial score (nSPS) is 24.4. The number of rotatable bonds is 2. The fourth-order valence-electron chi connectivity index (χ4n) is 2.28. The Hall–Kier alpha value is -1.42. The van der Waals surface area contributed by atoms with Gasteiger partial charge in [-0.15, -0.1) is 0 Å². The van der Waals surface area contributed by atoms with Gasteiger partial charge in [-0.1, -0.05) is 12.1 Å². The first-order chi connectivity index (χ1) is 8.20. The summed E-state index contributed by atoms with van der Waals surface area (Å²) in [5.41, 5.74) is 0.888. The quantitative estimate of drug-likeness (QED) is 0.800. The zero-order chi connectivity index (χ0) is 12.3. The Balaban J connectivity index is 2.09. The summed E-state index contributed by atoms with van der Waals surface area (Å²) < 4.78 is 17.9. The lowest BCUT2D eigenvalue weighted by Crippen LogP contribution is -2.35. The van der Waals surface area contributed by atoms with E-state index in [2.05, 4.69) is 5.32 Å². The van der Waals surface area contributed by atoms with Crippen molar-refractivity contribution in [1.82, 2.24) is 5.32 Å². The molecule has 2 atom stereocenters. The Morgan fingerprint density at radius 1 is 1.53 bits per heavy atom. The Labute approximate surface area is 100.0 Å². The van der Waals surface area contributed by atoms with Crippen LogP contribution in [0.25, 0.3) is 0 Å². The van der Waals surface area contributed by atoms with Crippen LogP contribution < -0.4 is 5.32 Å². The second-order valence-electron chi connectivity index (χ2n) is 4.31. The van der Waals surface area contributed by atoms with Crippen LogP contribution in [0.3, 0.4) is 0 Å². The van der Waals surface area contributed by atoms with E-state index in [0.717, 1.165) is 18.5 Å². The molecule has 0 radical (unpaired) electrons. The van der Waals surface area contributed by atoms with E-state index in [4.69, 9.17) is 4.74 Å². The molecule has 1 aliphatic rings. The summed E-state index contributed by atoms with van der Waals surface area (Å²) in [6.07, 6.45) is 1.44. The molecule has 1 N–H and O–H groups in total. The van der Waals surface area contributed by atoms with Gasteiger partial charge in [0.15, 0.2) is 0 Å². The van der Waals surface area contributed by atoms with Crippen LogP contribution in [0.15, 0.2) is 24.3 Å². The first kappa shape index (κ1) is 12.0. The molecule has 0 spiro atoms. The second-order valence-corrected chi connectivity index (χ2v) is 4.31. The van der Waals surface area contributed by atoms with Gasteiger partial charge in [0.05, 0.1) is 13.0 Å². The molecule has 0 saturated carbocycles. The summed E-state index contributed by atoms with van der Waals surface area (Å²) in [5, 5.41) is 3.30. The van der Waals surface area contributed by atoms with E-state index in [1.165, 1.54) is 19.2 Å². The van der Waals surface area contributed by atoms with Crippen LogP contribution in [0.1, 0.15) is 24.4 Å². The topological polar surface area (TPSA) is 38.3 Å². The number of hydrogen-bond donors (Lipinski definition) is 1. The second kappa shape index (κ2) is 5.27. The van der Waals surface area contributed by atoms with E-state index in [9.17, 15) is 9.18 Å². The third kappa shape index (κ3) is 2.82. The largest absolute Gasteiger partial charge is 0.469 e. The number of nitrogens with one attached hydrogen (secondary N) is 1. The number of piperidine rings is 1.